The van der Waals surface area contributed by atoms with Crippen LogP contribution >= 0.6 is 0 Å². The van der Waals surface area contributed by atoms with Crippen LogP contribution in [0, 0.1) is 5.41 Å². The fourth-order valence-corrected chi connectivity index (χ4v) is 0.547. The smallest absolute Gasteiger partial charge is 0.272 e. The lowest BCUT2D eigenvalue weighted by Gasteiger charge is -1.88. The molecule has 8 heavy (non-hydrogen) atoms. The summed E-state index contributed by atoms with van der Waals surface area (Å²) in [7, 11) is -4.14. The van der Waals surface area contributed by atoms with Gasteiger partial charge in [0.05, 0.1) is 0 Å². The van der Waals surface area contributed by atoms with E-state index in [1.807, 2.05) is 0 Å². The van der Waals surface area contributed by atoms with Gasteiger partial charge in [0, 0.05) is 0 Å². The van der Waals surface area contributed by atoms with Crippen LogP contribution in [0.15, 0.2) is 0 Å². The molecule has 0 aliphatic rings. The monoisotopic (exact) mass is 137 g/mol. The van der Waals surface area contributed by atoms with Gasteiger partial charge in [-0.3, -0.25) is 15.7 Å². The van der Waals surface area contributed by atoms with Crippen LogP contribution in [0.4, 0.5) is 0 Å². The minimum absolute atomic E-state index is 0.812. The van der Waals surface area contributed by atoms with Crippen molar-refractivity contribution < 1.29 is 13.0 Å². The fourth-order valence-electron chi connectivity index (χ4n) is 0.182. The lowest BCUT2D eigenvalue weighted by molar-refractivity contribution is 0.487. The summed E-state index contributed by atoms with van der Waals surface area (Å²) in [5.74, 6) is -1.71. The summed E-state index contributed by atoms with van der Waals surface area (Å²) in [6, 6.07) is 0. The van der Waals surface area contributed by atoms with Crippen LogP contribution in [0.1, 0.15) is 0 Å². The first-order valence-electron chi connectivity index (χ1n) is 1.66. The van der Waals surface area contributed by atoms with Gasteiger partial charge in [-0.1, -0.05) is 0 Å². The van der Waals surface area contributed by atoms with Gasteiger partial charge in [0.1, 0.15) is 11.6 Å². The van der Waals surface area contributed by atoms with Gasteiger partial charge in [-0.25, -0.2) is 0 Å². The summed E-state index contributed by atoms with van der Waals surface area (Å²) in [6.45, 7) is 0. The average molecular weight is 137 g/mol. The molecular weight excluding hydrogens is 132 g/mol. The van der Waals surface area contributed by atoms with E-state index in [9.17, 15) is 8.42 Å². The van der Waals surface area contributed by atoms with Crippen LogP contribution in [-0.4, -0.2) is 24.6 Å². The molecule has 0 saturated heterocycles. The quantitative estimate of drug-likeness (QED) is 0.294. The Hall–Kier alpha value is -0.620. The molecule has 0 aromatic rings. The zero-order chi connectivity index (χ0) is 6.78. The minimum Gasteiger partial charge on any atom is -0.286 e. The molecule has 0 amide bonds. The van der Waals surface area contributed by atoms with E-state index < -0.39 is 21.7 Å². The fraction of sp³-hybridized carbons (Fsp3) is 0.500. The van der Waals surface area contributed by atoms with Gasteiger partial charge in [0.2, 0.25) is 0 Å². The van der Waals surface area contributed by atoms with Crippen LogP contribution in [0.5, 0.6) is 0 Å². The van der Waals surface area contributed by atoms with E-state index in [0.717, 1.165) is 0 Å². The maximum absolute atomic E-state index is 9.74. The van der Waals surface area contributed by atoms with Crippen molar-refractivity contribution in [2.75, 3.05) is 5.75 Å². The largest absolute Gasteiger partial charge is 0.286 e. The van der Waals surface area contributed by atoms with Gasteiger partial charge in [-0.15, -0.1) is 0 Å². The van der Waals surface area contributed by atoms with E-state index in [4.69, 9.17) is 15.7 Å². The first-order chi connectivity index (χ1) is 3.42. The van der Waals surface area contributed by atoms with E-state index in [1.54, 1.807) is 0 Å². The molecule has 0 heterocycles. The van der Waals surface area contributed by atoms with Gasteiger partial charge in [0.15, 0.2) is 0 Å². The van der Waals surface area contributed by atoms with E-state index in [0.29, 0.717) is 0 Å². The SMILES string of the molecule is [NH]C(=N)CS(=O)(=O)O. The zero-order valence-corrected chi connectivity index (χ0v) is 4.70. The maximum Gasteiger partial charge on any atom is 0.272 e. The third-order valence-corrected chi connectivity index (χ3v) is 0.980. The standard InChI is InChI=1S/C2H5N2O3S/c3-2(4)1-8(5,6)7/h3-4H,1H2,(H,5,6,7). The predicted octanol–water partition coefficient (Wildman–Crippen LogP) is -0.866. The molecule has 6 heteroatoms. The molecule has 5 nitrogen and oxygen atoms in total. The molecule has 0 aromatic heterocycles. The van der Waals surface area contributed by atoms with Crippen LogP contribution in [0.25, 0.3) is 0 Å². The second-order valence-electron chi connectivity index (χ2n) is 1.20. The van der Waals surface area contributed by atoms with Crippen molar-refractivity contribution in [1.29, 1.82) is 5.41 Å². The highest BCUT2D eigenvalue weighted by molar-refractivity contribution is 7.86. The van der Waals surface area contributed by atoms with Crippen molar-refractivity contribution in [3.63, 3.8) is 0 Å². The molecule has 3 N–H and O–H groups in total. The summed E-state index contributed by atoms with van der Waals surface area (Å²) < 4.78 is 27.4. The highest BCUT2D eigenvalue weighted by Crippen LogP contribution is 1.78. The number of nitrogens with one attached hydrogen (secondary N) is 2. The van der Waals surface area contributed by atoms with Crippen LogP contribution in [-0.2, 0) is 10.1 Å². The van der Waals surface area contributed by atoms with Gasteiger partial charge >= 0.3 is 0 Å². The van der Waals surface area contributed by atoms with E-state index >= 15 is 0 Å². The minimum atomic E-state index is -4.14. The van der Waals surface area contributed by atoms with Gasteiger partial charge in [-0.2, -0.15) is 8.42 Å². The zero-order valence-electron chi connectivity index (χ0n) is 3.88. The Kier molecular flexibility index (Phi) is 1.94. The summed E-state index contributed by atoms with van der Waals surface area (Å²) in [5.41, 5.74) is 6.28. The van der Waals surface area contributed by atoms with Crippen molar-refractivity contribution in [3.8, 4) is 0 Å². The number of amidine groups is 1. The molecule has 0 rings (SSSR count). The van der Waals surface area contributed by atoms with Gasteiger partial charge < -0.3 is 0 Å². The van der Waals surface area contributed by atoms with Crippen molar-refractivity contribution in [1.82, 2.24) is 5.73 Å². The second kappa shape index (κ2) is 2.10. The molecule has 0 saturated carbocycles. The predicted molar refractivity (Wildman–Crippen MR) is 27.2 cm³/mol. The Morgan fingerprint density at radius 1 is 1.62 bits per heavy atom. The second-order valence-corrected chi connectivity index (χ2v) is 2.66. The Labute approximate surface area is 46.8 Å². The summed E-state index contributed by atoms with van der Waals surface area (Å²) in [4.78, 5) is 0. The number of hydrogen-bond acceptors (Lipinski definition) is 3. The van der Waals surface area contributed by atoms with Gasteiger partial charge in [0.25, 0.3) is 10.1 Å². The summed E-state index contributed by atoms with van der Waals surface area (Å²) in [6.07, 6.45) is 0. The topological polar surface area (TPSA) is 102 Å². The van der Waals surface area contributed by atoms with Gasteiger partial charge in [-0.05, 0) is 0 Å². The Morgan fingerprint density at radius 3 is 2.00 bits per heavy atom. The molecule has 0 aromatic carbocycles. The maximum atomic E-state index is 9.74. The first-order valence-corrected chi connectivity index (χ1v) is 3.27. The van der Waals surface area contributed by atoms with Crippen LogP contribution in [0.2, 0.25) is 0 Å². The molecule has 0 bridgehead atoms. The lowest BCUT2D eigenvalue weighted by atomic mass is 10.7. The van der Waals surface area contributed by atoms with Crippen molar-refractivity contribution in [2.24, 2.45) is 0 Å². The van der Waals surface area contributed by atoms with Crippen molar-refractivity contribution >= 4 is 16.0 Å². The average Bonchev–Trinajstić information content (AvgIpc) is 1.21. The van der Waals surface area contributed by atoms with Crippen molar-refractivity contribution in [2.45, 2.75) is 0 Å². The van der Waals surface area contributed by atoms with Crippen molar-refractivity contribution in [3.05, 3.63) is 0 Å². The Balaban J connectivity index is 3.95. The number of hydrogen-bond donors (Lipinski definition) is 2. The molecule has 0 atom stereocenters. The highest BCUT2D eigenvalue weighted by Gasteiger charge is 2.04. The number of rotatable bonds is 2. The molecule has 0 spiro atoms. The van der Waals surface area contributed by atoms with Crippen LogP contribution in [0.3, 0.4) is 0 Å². The highest BCUT2D eigenvalue weighted by atomic mass is 32.2. The van der Waals surface area contributed by atoms with E-state index in [-0.39, 0.29) is 0 Å². The first kappa shape index (κ1) is 7.38. The molecule has 47 valence electrons. The summed E-state index contributed by atoms with van der Waals surface area (Å²) >= 11 is 0. The summed E-state index contributed by atoms with van der Waals surface area (Å²) in [5, 5.41) is 6.28. The molecule has 1 radical (unpaired) electrons. The Morgan fingerprint density at radius 2 is 2.00 bits per heavy atom. The molecular formula is C2H5N2O3S. The third kappa shape index (κ3) is 5.38. The molecule has 0 aliphatic heterocycles. The third-order valence-electron chi connectivity index (χ3n) is 0.327. The molecule has 0 aliphatic carbocycles. The molecule has 0 unspecified atom stereocenters. The van der Waals surface area contributed by atoms with E-state index in [1.165, 1.54) is 0 Å². The van der Waals surface area contributed by atoms with Crippen LogP contribution < -0.4 is 5.73 Å². The molecule has 0 fully saturated rings. The lowest BCUT2D eigenvalue weighted by Crippen LogP contribution is -2.14. The Bertz CT molecular complexity index is 181. The van der Waals surface area contributed by atoms with E-state index in [2.05, 4.69) is 0 Å². The normalized spacial score (nSPS) is 11.1.